The first kappa shape index (κ1) is 21.5. The summed E-state index contributed by atoms with van der Waals surface area (Å²) >= 11 is 6.21. The molecule has 1 fully saturated rings. The zero-order valence-corrected chi connectivity index (χ0v) is 17.4. The molecule has 0 aromatic heterocycles. The van der Waals surface area contributed by atoms with E-state index >= 15 is 0 Å². The molecule has 1 aliphatic heterocycles. The number of guanidine groups is 1. The Morgan fingerprint density at radius 3 is 2.92 bits per heavy atom. The maximum atomic E-state index is 6.21. The molecule has 5 nitrogen and oxygen atoms in total. The van der Waals surface area contributed by atoms with Crippen LogP contribution in [0.25, 0.3) is 0 Å². The number of nitrogens with one attached hydrogen (secondary N) is 1. The predicted octanol–water partition coefficient (Wildman–Crippen LogP) is 3.16. The number of nitrogens with zero attached hydrogens (tertiary/aromatic N) is 2. The molecule has 1 N–H and O–H groups in total. The zero-order valence-electron chi connectivity index (χ0n) is 14.3. The van der Waals surface area contributed by atoms with E-state index in [9.17, 15) is 0 Å². The van der Waals surface area contributed by atoms with Crippen LogP contribution >= 0.6 is 35.6 Å². The quantitative estimate of drug-likeness (QED) is 0.290. The van der Waals surface area contributed by atoms with Gasteiger partial charge in [0.25, 0.3) is 0 Å². The Balaban J connectivity index is 0.00000288. The van der Waals surface area contributed by atoms with E-state index in [1.165, 1.54) is 0 Å². The Morgan fingerprint density at radius 1 is 1.46 bits per heavy atom. The van der Waals surface area contributed by atoms with Crippen molar-refractivity contribution in [2.24, 2.45) is 4.99 Å². The Kier molecular flexibility index (Phi) is 10.6. The molecule has 0 aliphatic carbocycles. The van der Waals surface area contributed by atoms with E-state index in [2.05, 4.69) is 10.3 Å². The maximum Gasteiger partial charge on any atom is 0.193 e. The number of aliphatic imine (C=N–C) groups is 1. The molecule has 1 aromatic carbocycles. The average molecular weight is 468 g/mol. The minimum atomic E-state index is 0. The van der Waals surface area contributed by atoms with Gasteiger partial charge in [-0.1, -0.05) is 29.8 Å². The van der Waals surface area contributed by atoms with Gasteiger partial charge < -0.3 is 19.7 Å². The lowest BCUT2D eigenvalue weighted by molar-refractivity contribution is 0.0190. The molecular weight excluding hydrogens is 441 g/mol. The van der Waals surface area contributed by atoms with Crippen molar-refractivity contribution in [1.29, 1.82) is 0 Å². The fourth-order valence-corrected chi connectivity index (χ4v) is 2.76. The van der Waals surface area contributed by atoms with Gasteiger partial charge in [-0.3, -0.25) is 4.99 Å². The molecule has 1 unspecified atom stereocenters. The molecule has 0 saturated carbocycles. The van der Waals surface area contributed by atoms with Crippen LogP contribution in [-0.4, -0.2) is 57.4 Å². The predicted molar refractivity (Wildman–Crippen MR) is 109 cm³/mol. The molecule has 1 heterocycles. The second-order valence-electron chi connectivity index (χ2n) is 5.63. The number of ether oxygens (including phenoxy) is 2. The fourth-order valence-electron chi connectivity index (χ4n) is 2.57. The summed E-state index contributed by atoms with van der Waals surface area (Å²) in [6.07, 6.45) is 2.53. The molecule has 2 rings (SSSR count). The summed E-state index contributed by atoms with van der Waals surface area (Å²) in [6, 6.07) is 7.85. The monoisotopic (exact) mass is 467 g/mol. The second kappa shape index (κ2) is 11.9. The van der Waals surface area contributed by atoms with E-state index in [-0.39, 0.29) is 30.1 Å². The smallest absolute Gasteiger partial charge is 0.193 e. The molecular formula is C17H27ClIN3O2. The van der Waals surface area contributed by atoms with E-state index in [0.29, 0.717) is 26.3 Å². The molecule has 136 valence electrons. The third kappa shape index (κ3) is 7.13. The van der Waals surface area contributed by atoms with E-state index < -0.39 is 0 Å². The summed E-state index contributed by atoms with van der Waals surface area (Å²) in [5, 5.41) is 4.07. The van der Waals surface area contributed by atoms with Crippen molar-refractivity contribution in [1.82, 2.24) is 10.2 Å². The van der Waals surface area contributed by atoms with Crippen molar-refractivity contribution in [3.05, 3.63) is 34.9 Å². The minimum Gasteiger partial charge on any atom is -0.377 e. The highest BCUT2D eigenvalue weighted by Crippen LogP contribution is 2.16. The molecule has 1 aromatic rings. The molecule has 24 heavy (non-hydrogen) atoms. The number of rotatable bonds is 7. The Bertz CT molecular complexity index is 510. The van der Waals surface area contributed by atoms with E-state index in [4.69, 9.17) is 21.1 Å². The van der Waals surface area contributed by atoms with Gasteiger partial charge in [-0.15, -0.1) is 24.0 Å². The zero-order chi connectivity index (χ0) is 16.5. The van der Waals surface area contributed by atoms with Crippen LogP contribution in [0.2, 0.25) is 5.02 Å². The Hall–Kier alpha value is -0.570. The summed E-state index contributed by atoms with van der Waals surface area (Å²) in [5.74, 6) is 0.825. The van der Waals surface area contributed by atoms with Crippen LogP contribution in [0.3, 0.4) is 0 Å². The van der Waals surface area contributed by atoms with Crippen molar-refractivity contribution in [3.8, 4) is 0 Å². The van der Waals surface area contributed by atoms with Crippen LogP contribution in [0.4, 0.5) is 0 Å². The summed E-state index contributed by atoms with van der Waals surface area (Å²) < 4.78 is 11.2. The standard InChI is InChI=1S/C17H26ClN3O2.HI/c1-19-17(20-9-11-22-13-15-7-5-10-23-15)21(2)12-14-6-3-4-8-16(14)18;/h3-4,6,8,15H,5,7,9-13H2,1-2H3,(H,19,20);1H. The molecule has 7 heteroatoms. The summed E-state index contributed by atoms with van der Waals surface area (Å²) in [4.78, 5) is 6.34. The van der Waals surface area contributed by atoms with Crippen LogP contribution in [0.5, 0.6) is 0 Å². The Labute approximate surface area is 166 Å². The maximum absolute atomic E-state index is 6.21. The summed E-state index contributed by atoms with van der Waals surface area (Å²) in [6.45, 7) is 3.60. The summed E-state index contributed by atoms with van der Waals surface area (Å²) in [7, 11) is 3.77. The highest BCUT2D eigenvalue weighted by molar-refractivity contribution is 14.0. The van der Waals surface area contributed by atoms with Gasteiger partial charge in [-0.2, -0.15) is 0 Å². The molecule has 0 bridgehead atoms. The molecule has 1 aliphatic rings. The van der Waals surface area contributed by atoms with Crippen LogP contribution in [0.15, 0.2) is 29.3 Å². The second-order valence-corrected chi connectivity index (χ2v) is 6.04. The molecule has 1 atom stereocenters. The topological polar surface area (TPSA) is 46.1 Å². The van der Waals surface area contributed by atoms with Gasteiger partial charge in [-0.05, 0) is 24.5 Å². The SMILES string of the molecule is CN=C(NCCOCC1CCCO1)N(C)Cc1ccccc1Cl.I. The van der Waals surface area contributed by atoms with Crippen molar-refractivity contribution >= 4 is 41.5 Å². The van der Waals surface area contributed by atoms with Crippen LogP contribution < -0.4 is 5.32 Å². The average Bonchev–Trinajstić information content (AvgIpc) is 3.06. The third-order valence-corrected chi connectivity index (χ3v) is 4.16. The van der Waals surface area contributed by atoms with Crippen molar-refractivity contribution in [3.63, 3.8) is 0 Å². The van der Waals surface area contributed by atoms with Crippen molar-refractivity contribution in [2.75, 3.05) is 40.5 Å². The van der Waals surface area contributed by atoms with Crippen LogP contribution in [0.1, 0.15) is 18.4 Å². The van der Waals surface area contributed by atoms with E-state index in [1.54, 1.807) is 7.05 Å². The molecule has 0 amide bonds. The molecule has 0 spiro atoms. The first-order valence-electron chi connectivity index (χ1n) is 8.05. The summed E-state index contributed by atoms with van der Waals surface area (Å²) in [5.41, 5.74) is 1.08. The van der Waals surface area contributed by atoms with Gasteiger partial charge in [0.05, 0.1) is 19.3 Å². The normalized spacial score (nSPS) is 17.5. The fraction of sp³-hybridized carbons (Fsp3) is 0.588. The largest absolute Gasteiger partial charge is 0.377 e. The van der Waals surface area contributed by atoms with Gasteiger partial charge in [0, 0.05) is 38.8 Å². The molecule has 0 radical (unpaired) electrons. The number of halogens is 2. The minimum absolute atomic E-state index is 0. The highest BCUT2D eigenvalue weighted by Gasteiger charge is 2.15. The van der Waals surface area contributed by atoms with Gasteiger partial charge >= 0.3 is 0 Å². The highest BCUT2D eigenvalue weighted by atomic mass is 127. The first-order chi connectivity index (χ1) is 11.2. The first-order valence-corrected chi connectivity index (χ1v) is 8.43. The van der Waals surface area contributed by atoms with Crippen molar-refractivity contribution in [2.45, 2.75) is 25.5 Å². The number of hydrogen-bond acceptors (Lipinski definition) is 3. The van der Waals surface area contributed by atoms with Gasteiger partial charge in [0.2, 0.25) is 0 Å². The Morgan fingerprint density at radius 2 is 2.25 bits per heavy atom. The van der Waals surface area contributed by atoms with E-state index in [1.807, 2.05) is 36.2 Å². The lowest BCUT2D eigenvalue weighted by Gasteiger charge is -2.22. The number of hydrogen-bond donors (Lipinski definition) is 1. The van der Waals surface area contributed by atoms with Gasteiger partial charge in [0.1, 0.15) is 0 Å². The van der Waals surface area contributed by atoms with Crippen LogP contribution in [-0.2, 0) is 16.0 Å². The van der Waals surface area contributed by atoms with Gasteiger partial charge in [0.15, 0.2) is 5.96 Å². The van der Waals surface area contributed by atoms with E-state index in [0.717, 1.165) is 36.0 Å². The lowest BCUT2D eigenvalue weighted by atomic mass is 10.2. The molecule has 1 saturated heterocycles. The van der Waals surface area contributed by atoms with Crippen molar-refractivity contribution < 1.29 is 9.47 Å². The van der Waals surface area contributed by atoms with Crippen LogP contribution in [0, 0.1) is 0 Å². The number of benzene rings is 1. The lowest BCUT2D eigenvalue weighted by Crippen LogP contribution is -2.40. The third-order valence-electron chi connectivity index (χ3n) is 3.80. The van der Waals surface area contributed by atoms with Gasteiger partial charge in [-0.25, -0.2) is 0 Å².